The lowest BCUT2D eigenvalue weighted by atomic mass is 9.73. The normalized spacial score (nSPS) is 32.7. The summed E-state index contributed by atoms with van der Waals surface area (Å²) < 4.78 is 11.7. The molecule has 1 aliphatic carbocycles. The van der Waals surface area contributed by atoms with Crippen molar-refractivity contribution in [3.63, 3.8) is 0 Å². The van der Waals surface area contributed by atoms with E-state index in [2.05, 4.69) is 5.43 Å². The van der Waals surface area contributed by atoms with Crippen molar-refractivity contribution in [3.8, 4) is 0 Å². The van der Waals surface area contributed by atoms with Gasteiger partial charge in [0.15, 0.2) is 0 Å². The van der Waals surface area contributed by atoms with Crippen molar-refractivity contribution < 1.29 is 9.47 Å². The van der Waals surface area contributed by atoms with E-state index in [1.807, 2.05) is 0 Å². The highest BCUT2D eigenvalue weighted by Gasteiger charge is 2.42. The Morgan fingerprint density at radius 3 is 2.29 bits per heavy atom. The van der Waals surface area contributed by atoms with Gasteiger partial charge in [0.1, 0.15) is 0 Å². The lowest BCUT2D eigenvalue weighted by Crippen LogP contribution is -2.53. The van der Waals surface area contributed by atoms with E-state index in [-0.39, 0.29) is 5.60 Å². The zero-order chi connectivity index (χ0) is 14.5. The first-order chi connectivity index (χ1) is 10.3. The minimum Gasteiger partial charge on any atom is -0.381 e. The molecular weight excluding hydrogens is 264 g/mol. The quantitative estimate of drug-likeness (QED) is 0.478. The van der Waals surface area contributed by atoms with Crippen LogP contribution in [0.4, 0.5) is 0 Å². The van der Waals surface area contributed by atoms with E-state index >= 15 is 0 Å². The summed E-state index contributed by atoms with van der Waals surface area (Å²) in [5.74, 6) is 7.42. The van der Waals surface area contributed by atoms with Gasteiger partial charge in [-0.05, 0) is 50.4 Å². The third kappa shape index (κ3) is 3.79. The van der Waals surface area contributed by atoms with Crippen LogP contribution < -0.4 is 11.3 Å². The lowest BCUT2D eigenvalue weighted by molar-refractivity contribution is -0.152. The van der Waals surface area contributed by atoms with Crippen molar-refractivity contribution in [2.45, 2.75) is 75.9 Å². The molecule has 21 heavy (non-hydrogen) atoms. The van der Waals surface area contributed by atoms with Crippen LogP contribution in [0.25, 0.3) is 0 Å². The molecular formula is C17H32N2O2. The topological polar surface area (TPSA) is 56.5 Å². The van der Waals surface area contributed by atoms with Gasteiger partial charge in [-0.1, -0.05) is 25.7 Å². The molecule has 0 aromatic rings. The van der Waals surface area contributed by atoms with Crippen LogP contribution in [0.2, 0.25) is 0 Å². The van der Waals surface area contributed by atoms with E-state index in [1.165, 1.54) is 44.9 Å². The van der Waals surface area contributed by atoms with Crippen molar-refractivity contribution in [3.05, 3.63) is 0 Å². The number of rotatable bonds is 3. The van der Waals surface area contributed by atoms with E-state index in [9.17, 15) is 0 Å². The van der Waals surface area contributed by atoms with Gasteiger partial charge in [0.25, 0.3) is 0 Å². The minimum atomic E-state index is 0.0843. The number of hydrazine groups is 1. The summed E-state index contributed by atoms with van der Waals surface area (Å²) in [7, 11) is 0. The molecule has 2 saturated heterocycles. The Hall–Kier alpha value is -0.160. The molecule has 3 aliphatic rings. The highest BCUT2D eigenvalue weighted by molar-refractivity contribution is 4.94. The summed E-state index contributed by atoms with van der Waals surface area (Å²) in [6.45, 7) is 2.61. The Morgan fingerprint density at radius 2 is 1.62 bits per heavy atom. The first kappa shape index (κ1) is 15.7. The molecule has 2 atom stereocenters. The van der Waals surface area contributed by atoms with Crippen molar-refractivity contribution in [2.75, 3.05) is 19.8 Å². The number of ether oxygens (including phenoxy) is 2. The van der Waals surface area contributed by atoms with E-state index in [1.54, 1.807) is 0 Å². The van der Waals surface area contributed by atoms with Gasteiger partial charge >= 0.3 is 0 Å². The summed E-state index contributed by atoms with van der Waals surface area (Å²) >= 11 is 0. The molecule has 0 amide bonds. The van der Waals surface area contributed by atoms with E-state index in [0.717, 1.165) is 45.0 Å². The summed E-state index contributed by atoms with van der Waals surface area (Å²) in [6.07, 6.45) is 12.7. The third-order valence-corrected chi connectivity index (χ3v) is 6.04. The molecule has 3 N–H and O–H groups in total. The third-order valence-electron chi connectivity index (χ3n) is 6.04. The van der Waals surface area contributed by atoms with E-state index in [4.69, 9.17) is 15.3 Å². The fraction of sp³-hybridized carbons (Fsp3) is 1.00. The molecule has 1 spiro atoms. The molecule has 3 fully saturated rings. The largest absolute Gasteiger partial charge is 0.381 e. The number of hydrogen-bond acceptors (Lipinski definition) is 4. The molecule has 0 aromatic heterocycles. The number of hydrogen-bond donors (Lipinski definition) is 2. The van der Waals surface area contributed by atoms with Gasteiger partial charge in [0, 0.05) is 25.9 Å². The number of nitrogens with two attached hydrogens (primary N) is 1. The van der Waals surface area contributed by atoms with Crippen LogP contribution in [-0.2, 0) is 9.47 Å². The molecule has 2 unspecified atom stereocenters. The van der Waals surface area contributed by atoms with Gasteiger partial charge in [-0.2, -0.15) is 0 Å². The fourth-order valence-corrected chi connectivity index (χ4v) is 4.79. The molecule has 4 heteroatoms. The summed E-state index contributed by atoms with van der Waals surface area (Å²) in [6, 6.07) is 0.478. The maximum absolute atomic E-state index is 6.19. The molecule has 3 rings (SSSR count). The van der Waals surface area contributed by atoms with Gasteiger partial charge in [-0.25, -0.2) is 0 Å². The van der Waals surface area contributed by atoms with Gasteiger partial charge in [-0.3, -0.25) is 11.3 Å². The zero-order valence-corrected chi connectivity index (χ0v) is 13.3. The summed E-state index contributed by atoms with van der Waals surface area (Å²) in [5.41, 5.74) is 3.29. The molecule has 2 aliphatic heterocycles. The average molecular weight is 296 g/mol. The second kappa shape index (κ2) is 7.40. The zero-order valence-electron chi connectivity index (χ0n) is 13.3. The van der Waals surface area contributed by atoms with Crippen molar-refractivity contribution >= 4 is 0 Å². The highest BCUT2D eigenvalue weighted by Crippen LogP contribution is 2.41. The van der Waals surface area contributed by atoms with Crippen molar-refractivity contribution in [1.29, 1.82) is 0 Å². The van der Waals surface area contributed by atoms with Crippen LogP contribution in [-0.4, -0.2) is 31.5 Å². The molecule has 4 nitrogen and oxygen atoms in total. The molecule has 0 radical (unpaired) electrons. The molecule has 0 bridgehead atoms. The number of nitrogens with one attached hydrogen (secondary N) is 1. The highest BCUT2D eigenvalue weighted by atomic mass is 16.5. The minimum absolute atomic E-state index is 0.0843. The van der Waals surface area contributed by atoms with Gasteiger partial charge in [0.05, 0.1) is 5.60 Å². The molecule has 0 aromatic carbocycles. The van der Waals surface area contributed by atoms with Crippen LogP contribution in [0.1, 0.15) is 64.2 Å². The Labute approximate surface area is 129 Å². The molecule has 2 heterocycles. The Bertz CT molecular complexity index is 304. The van der Waals surface area contributed by atoms with E-state index < -0.39 is 0 Å². The van der Waals surface area contributed by atoms with Crippen molar-refractivity contribution in [1.82, 2.24) is 5.43 Å². The second-order valence-corrected chi connectivity index (χ2v) is 7.34. The lowest BCUT2D eigenvalue weighted by Gasteiger charge is -2.46. The first-order valence-corrected chi connectivity index (χ1v) is 9.01. The first-order valence-electron chi connectivity index (χ1n) is 9.01. The SMILES string of the molecule is NNC(C1CCCCCC1)C1CCOC2(CCOCC2)C1. The van der Waals surface area contributed by atoms with Crippen LogP contribution in [0.3, 0.4) is 0 Å². The van der Waals surface area contributed by atoms with Crippen LogP contribution >= 0.6 is 0 Å². The van der Waals surface area contributed by atoms with E-state index in [0.29, 0.717) is 12.0 Å². The predicted octanol–water partition coefficient (Wildman–Crippen LogP) is 2.76. The maximum atomic E-state index is 6.19. The van der Waals surface area contributed by atoms with Crippen molar-refractivity contribution in [2.24, 2.45) is 17.7 Å². The van der Waals surface area contributed by atoms with Gasteiger partial charge in [-0.15, -0.1) is 0 Å². The van der Waals surface area contributed by atoms with Gasteiger partial charge < -0.3 is 9.47 Å². The molecule has 1 saturated carbocycles. The Morgan fingerprint density at radius 1 is 0.905 bits per heavy atom. The molecule has 122 valence electrons. The monoisotopic (exact) mass is 296 g/mol. The van der Waals surface area contributed by atoms with Crippen LogP contribution in [0, 0.1) is 11.8 Å². The summed E-state index contributed by atoms with van der Waals surface area (Å²) in [5, 5.41) is 0. The van der Waals surface area contributed by atoms with Crippen LogP contribution in [0.15, 0.2) is 0 Å². The van der Waals surface area contributed by atoms with Gasteiger partial charge in [0.2, 0.25) is 0 Å². The Balaban J connectivity index is 1.64. The standard InChI is InChI=1S/C17H32N2O2/c18-19-16(14-5-3-1-2-4-6-14)15-7-10-21-17(13-15)8-11-20-12-9-17/h14-16,19H,1-13,18H2. The maximum Gasteiger partial charge on any atom is 0.0729 e. The smallest absolute Gasteiger partial charge is 0.0729 e. The second-order valence-electron chi connectivity index (χ2n) is 7.34. The fourth-order valence-electron chi connectivity index (χ4n) is 4.79. The Kier molecular flexibility index (Phi) is 5.54. The van der Waals surface area contributed by atoms with Crippen LogP contribution in [0.5, 0.6) is 0 Å². The summed E-state index contributed by atoms with van der Waals surface area (Å²) in [4.78, 5) is 0. The predicted molar refractivity (Wildman–Crippen MR) is 83.8 cm³/mol. The average Bonchev–Trinajstić information content (AvgIpc) is 2.78.